The summed E-state index contributed by atoms with van der Waals surface area (Å²) in [5.74, 6) is 5.73. The standard InChI is InChI=1S/C21H30O.C20H28O2.2CH4/c1-4-21-12-9-14(2)13-15(21)5-6-16-17-7-8-19(22)20(17,3)11-10-18(16)21;1-3-20-11-8-14(21)12-13(20)4-5-15-16-6-7-18(22)19(16,2)10-9-17(15)20;;/h5,13,16-18H,4,6-12H2,1-3H3;12,15-17H,3-11H2,1-2H3;2*1H4/t16-,17-,18-,20-,21-;15-,16-,17-,19-,20-;;/m00../s1. The molecular weight excluding hydrogens is 564 g/mol. The number of allylic oxidation sites excluding steroid dienone is 5. The molecule has 0 aromatic carbocycles. The van der Waals surface area contributed by atoms with Crippen molar-refractivity contribution >= 4 is 17.3 Å². The predicted octanol–water partition coefficient (Wildman–Crippen LogP) is 11.2. The highest BCUT2D eigenvalue weighted by molar-refractivity contribution is 5.92. The number of Topliss-reactive ketones (excluding diaryl/α,β-unsaturated/α-hetero) is 2. The average Bonchev–Trinajstić information content (AvgIpc) is 3.51. The Kier molecular flexibility index (Phi) is 9.73. The summed E-state index contributed by atoms with van der Waals surface area (Å²) in [6.07, 6.45) is 26.1. The molecule has 5 fully saturated rings. The van der Waals surface area contributed by atoms with Gasteiger partial charge in [0.15, 0.2) is 5.78 Å². The third kappa shape index (κ3) is 4.97. The minimum absolute atomic E-state index is 0. The molecule has 256 valence electrons. The van der Waals surface area contributed by atoms with E-state index in [-0.39, 0.29) is 31.1 Å². The number of hydrogen-bond donors (Lipinski definition) is 0. The molecule has 0 N–H and O–H groups in total. The van der Waals surface area contributed by atoms with Crippen molar-refractivity contribution in [3.05, 3.63) is 34.9 Å². The molecule has 0 radical (unpaired) electrons. The van der Waals surface area contributed by atoms with Gasteiger partial charge in [-0.2, -0.15) is 0 Å². The monoisotopic (exact) mass is 631 g/mol. The van der Waals surface area contributed by atoms with Crippen molar-refractivity contribution < 1.29 is 14.4 Å². The van der Waals surface area contributed by atoms with E-state index in [1.807, 2.05) is 6.08 Å². The van der Waals surface area contributed by atoms with E-state index in [0.717, 1.165) is 81.5 Å². The van der Waals surface area contributed by atoms with E-state index in [1.165, 1.54) is 56.9 Å². The largest absolute Gasteiger partial charge is 0.299 e. The van der Waals surface area contributed by atoms with E-state index in [9.17, 15) is 14.4 Å². The Morgan fingerprint density at radius 2 is 1.20 bits per heavy atom. The van der Waals surface area contributed by atoms with Crippen LogP contribution < -0.4 is 0 Å². The summed E-state index contributed by atoms with van der Waals surface area (Å²) < 4.78 is 0. The maximum absolute atomic E-state index is 12.5. The second-order valence-corrected chi connectivity index (χ2v) is 17.2. The Hall–Kier alpha value is -1.77. The van der Waals surface area contributed by atoms with E-state index >= 15 is 0 Å². The Labute approximate surface area is 281 Å². The molecule has 3 heteroatoms. The molecule has 0 amide bonds. The Bertz CT molecular complexity index is 1330. The van der Waals surface area contributed by atoms with Crippen molar-refractivity contribution in [1.29, 1.82) is 0 Å². The molecule has 0 spiro atoms. The number of hydrogen-bond acceptors (Lipinski definition) is 3. The van der Waals surface area contributed by atoms with Gasteiger partial charge in [-0.05, 0) is 155 Å². The van der Waals surface area contributed by atoms with E-state index in [2.05, 4.69) is 46.8 Å². The van der Waals surface area contributed by atoms with Crippen molar-refractivity contribution in [2.75, 3.05) is 0 Å². The molecule has 3 nitrogen and oxygen atoms in total. The van der Waals surface area contributed by atoms with E-state index < -0.39 is 0 Å². The first-order chi connectivity index (χ1) is 21.0. The van der Waals surface area contributed by atoms with Crippen LogP contribution in [0.2, 0.25) is 0 Å². The summed E-state index contributed by atoms with van der Waals surface area (Å²) in [5, 5.41) is 0. The quantitative estimate of drug-likeness (QED) is 0.305. The Morgan fingerprint density at radius 1 is 0.630 bits per heavy atom. The number of fused-ring (bicyclic) bond motifs is 10. The molecule has 0 heterocycles. The average molecular weight is 631 g/mol. The normalized spacial score (nSPS) is 45.3. The van der Waals surface area contributed by atoms with Crippen LogP contribution in [0.1, 0.15) is 159 Å². The first-order valence-electron chi connectivity index (χ1n) is 18.7. The van der Waals surface area contributed by atoms with Gasteiger partial charge in [-0.25, -0.2) is 0 Å². The first kappa shape index (κ1) is 35.5. The number of carbonyl (C=O) groups is 3. The topological polar surface area (TPSA) is 51.2 Å². The van der Waals surface area contributed by atoms with Gasteiger partial charge >= 0.3 is 0 Å². The number of ketones is 3. The molecule has 0 unspecified atom stereocenters. The molecule has 8 aliphatic rings. The van der Waals surface area contributed by atoms with Gasteiger partial charge in [0.25, 0.3) is 0 Å². The molecule has 0 aliphatic heterocycles. The zero-order valence-electron chi connectivity index (χ0n) is 28.4. The Balaban J connectivity index is 0.000000174. The SMILES string of the molecule is C.C.CC[C@]12CCC(=O)C=C1CC[C@@H]1[C@@H]2CC[C@]2(C)C(=O)CC[C@@H]12.CC[C@]12CCC(C)=CC1=CC[C@@H]1[C@@H]2CC[C@]2(C)C(=O)CC[C@@H]12. The Morgan fingerprint density at radius 3 is 1.80 bits per heavy atom. The lowest BCUT2D eigenvalue weighted by atomic mass is 9.46. The minimum atomic E-state index is -0.0260. The van der Waals surface area contributed by atoms with Gasteiger partial charge < -0.3 is 0 Å². The van der Waals surface area contributed by atoms with E-state index in [4.69, 9.17) is 0 Å². The molecule has 5 saturated carbocycles. The van der Waals surface area contributed by atoms with Crippen LogP contribution >= 0.6 is 0 Å². The lowest BCUT2D eigenvalue weighted by molar-refractivity contribution is -0.133. The summed E-state index contributed by atoms with van der Waals surface area (Å²) in [7, 11) is 0. The summed E-state index contributed by atoms with van der Waals surface area (Å²) in [6, 6.07) is 0. The van der Waals surface area contributed by atoms with Crippen LogP contribution in [0.15, 0.2) is 34.9 Å². The molecule has 10 atom stereocenters. The number of rotatable bonds is 2. The summed E-state index contributed by atoms with van der Waals surface area (Å²) >= 11 is 0. The van der Waals surface area contributed by atoms with Crippen LogP contribution in [-0.4, -0.2) is 17.3 Å². The number of carbonyl (C=O) groups excluding carboxylic acids is 3. The molecule has 46 heavy (non-hydrogen) atoms. The van der Waals surface area contributed by atoms with Gasteiger partial charge in [0.2, 0.25) is 0 Å². The summed E-state index contributed by atoms with van der Waals surface area (Å²) in [6.45, 7) is 11.5. The fraction of sp³-hybridized carbons (Fsp3) is 0.791. The molecule has 0 aromatic heterocycles. The lowest BCUT2D eigenvalue weighted by Crippen LogP contribution is -2.51. The van der Waals surface area contributed by atoms with Gasteiger partial charge in [-0.1, -0.05) is 65.8 Å². The third-order valence-corrected chi connectivity index (χ3v) is 16.1. The van der Waals surface area contributed by atoms with Gasteiger partial charge in [-0.15, -0.1) is 0 Å². The van der Waals surface area contributed by atoms with E-state index in [0.29, 0.717) is 34.6 Å². The van der Waals surface area contributed by atoms with Crippen molar-refractivity contribution in [2.24, 2.45) is 57.2 Å². The van der Waals surface area contributed by atoms with Gasteiger partial charge in [0.1, 0.15) is 11.6 Å². The van der Waals surface area contributed by atoms with Gasteiger partial charge in [0, 0.05) is 30.1 Å². The third-order valence-electron chi connectivity index (χ3n) is 16.1. The highest BCUT2D eigenvalue weighted by Crippen LogP contribution is 2.66. The van der Waals surface area contributed by atoms with Gasteiger partial charge in [-0.3, -0.25) is 14.4 Å². The van der Waals surface area contributed by atoms with Crippen molar-refractivity contribution in [1.82, 2.24) is 0 Å². The van der Waals surface area contributed by atoms with Crippen molar-refractivity contribution in [3.63, 3.8) is 0 Å². The van der Waals surface area contributed by atoms with Crippen LogP contribution in [0.3, 0.4) is 0 Å². The molecule has 0 saturated heterocycles. The molecule has 0 bridgehead atoms. The zero-order chi connectivity index (χ0) is 31.1. The fourth-order valence-corrected chi connectivity index (χ4v) is 13.5. The van der Waals surface area contributed by atoms with Crippen molar-refractivity contribution in [3.8, 4) is 0 Å². The maximum atomic E-state index is 12.5. The van der Waals surface area contributed by atoms with Gasteiger partial charge in [0.05, 0.1) is 0 Å². The first-order valence-corrected chi connectivity index (χ1v) is 18.7. The minimum Gasteiger partial charge on any atom is -0.299 e. The van der Waals surface area contributed by atoms with Crippen LogP contribution in [0, 0.1) is 57.2 Å². The van der Waals surface area contributed by atoms with Crippen LogP contribution in [-0.2, 0) is 14.4 Å². The maximum Gasteiger partial charge on any atom is 0.155 e. The molecule has 0 aromatic rings. The molecular formula is C43H66O3. The fourth-order valence-electron chi connectivity index (χ4n) is 13.5. The summed E-state index contributed by atoms with van der Waals surface area (Å²) in [4.78, 5) is 36.8. The highest BCUT2D eigenvalue weighted by Gasteiger charge is 2.60. The molecule has 8 rings (SSSR count). The second kappa shape index (κ2) is 12.6. The molecule has 8 aliphatic carbocycles. The predicted molar refractivity (Wildman–Crippen MR) is 190 cm³/mol. The van der Waals surface area contributed by atoms with Crippen LogP contribution in [0.4, 0.5) is 0 Å². The summed E-state index contributed by atoms with van der Waals surface area (Å²) in [5.41, 5.74) is 5.36. The highest BCUT2D eigenvalue weighted by atomic mass is 16.1. The zero-order valence-corrected chi connectivity index (χ0v) is 28.4. The van der Waals surface area contributed by atoms with Crippen LogP contribution in [0.5, 0.6) is 0 Å². The van der Waals surface area contributed by atoms with Crippen molar-refractivity contribution in [2.45, 2.75) is 159 Å². The smallest absolute Gasteiger partial charge is 0.155 e. The van der Waals surface area contributed by atoms with Crippen LogP contribution in [0.25, 0.3) is 0 Å². The van der Waals surface area contributed by atoms with E-state index in [1.54, 1.807) is 11.1 Å². The second-order valence-electron chi connectivity index (χ2n) is 17.2. The lowest BCUT2D eigenvalue weighted by Gasteiger charge is -2.58.